The number of hydrogen-bond acceptors (Lipinski definition) is 8. The van der Waals surface area contributed by atoms with Crippen LogP contribution in [-0.2, 0) is 32.4 Å². The molecule has 0 saturated carbocycles. The lowest BCUT2D eigenvalue weighted by Gasteiger charge is -2.25. The first-order valence-corrected chi connectivity index (χ1v) is 13.0. The zero-order valence-corrected chi connectivity index (χ0v) is 19.1. The van der Waals surface area contributed by atoms with Gasteiger partial charge in [0, 0.05) is 24.2 Å². The summed E-state index contributed by atoms with van der Waals surface area (Å²) >= 11 is 2.59. The van der Waals surface area contributed by atoms with E-state index in [0.717, 1.165) is 29.7 Å². The normalized spacial score (nSPS) is 16.8. The fourth-order valence-electron chi connectivity index (χ4n) is 3.60. The van der Waals surface area contributed by atoms with Crippen molar-refractivity contribution in [2.45, 2.75) is 29.2 Å². The molecule has 31 heavy (non-hydrogen) atoms. The number of nitrogens with zero attached hydrogens (tertiary/aromatic N) is 2. The highest BCUT2D eigenvalue weighted by atomic mass is 32.2. The topological polar surface area (TPSA) is 132 Å². The highest BCUT2D eigenvalue weighted by molar-refractivity contribution is 7.99. The number of primary amides is 1. The minimum absolute atomic E-state index is 0.0727. The summed E-state index contributed by atoms with van der Waals surface area (Å²) in [5, 5.41) is 3.82. The van der Waals surface area contributed by atoms with E-state index in [2.05, 4.69) is 10.3 Å². The van der Waals surface area contributed by atoms with Crippen molar-refractivity contribution in [2.24, 2.45) is 5.73 Å². The zero-order chi connectivity index (χ0) is 22.0. The van der Waals surface area contributed by atoms with Gasteiger partial charge in [-0.1, -0.05) is 11.8 Å². The molecular weight excluding hydrogens is 460 g/mol. The number of nitrogens with one attached hydrogen (secondary N) is 1. The molecule has 0 atom stereocenters. The van der Waals surface area contributed by atoms with E-state index in [4.69, 9.17) is 10.5 Å². The molecule has 0 bridgehead atoms. The number of ether oxygens (including phenoxy) is 1. The number of hydrogen-bond donors (Lipinski definition) is 2. The standard InChI is InChI=1S/C19H22N4O5S3/c20-18(25)17-13-2-1-3-14(13)30-19(17)22-15(24)11-29-16-5-4-12(10-21-16)31(26,27)23-6-8-28-9-7-23/h4-5,10H,1-3,6-9,11H2,(H2,20,25)(H,22,24). The summed E-state index contributed by atoms with van der Waals surface area (Å²) in [6, 6.07) is 3.08. The van der Waals surface area contributed by atoms with Gasteiger partial charge in [0.05, 0.1) is 29.6 Å². The number of morpholine rings is 1. The minimum atomic E-state index is -3.60. The van der Waals surface area contributed by atoms with Gasteiger partial charge in [-0.05, 0) is 37.0 Å². The Morgan fingerprint density at radius 2 is 2.03 bits per heavy atom. The second-order valence-corrected chi connectivity index (χ2v) is 11.1. The molecule has 0 aromatic carbocycles. The van der Waals surface area contributed by atoms with Crippen LogP contribution in [0.4, 0.5) is 5.00 Å². The largest absolute Gasteiger partial charge is 0.379 e. The van der Waals surface area contributed by atoms with Gasteiger partial charge in [0.2, 0.25) is 15.9 Å². The van der Waals surface area contributed by atoms with Gasteiger partial charge in [-0.25, -0.2) is 13.4 Å². The van der Waals surface area contributed by atoms with Crippen molar-refractivity contribution in [2.75, 3.05) is 37.4 Å². The second-order valence-electron chi connectivity index (χ2n) is 7.11. The van der Waals surface area contributed by atoms with Crippen LogP contribution in [0, 0.1) is 0 Å². The molecule has 1 aliphatic heterocycles. The lowest BCUT2D eigenvalue weighted by atomic mass is 10.1. The monoisotopic (exact) mass is 482 g/mol. The Hall–Kier alpha value is -1.99. The van der Waals surface area contributed by atoms with E-state index in [9.17, 15) is 18.0 Å². The molecule has 1 saturated heterocycles. The summed E-state index contributed by atoms with van der Waals surface area (Å²) < 4.78 is 31.8. The number of pyridine rings is 1. The summed E-state index contributed by atoms with van der Waals surface area (Å²) in [5.41, 5.74) is 6.90. The number of fused-ring (bicyclic) bond motifs is 1. The Morgan fingerprint density at radius 1 is 1.26 bits per heavy atom. The number of carbonyl (C=O) groups excluding carboxylic acids is 2. The molecule has 1 aliphatic carbocycles. The first kappa shape index (κ1) is 22.2. The maximum Gasteiger partial charge on any atom is 0.251 e. The summed E-state index contributed by atoms with van der Waals surface area (Å²) in [5.74, 6) is -0.733. The molecule has 2 aliphatic rings. The average molecular weight is 483 g/mol. The highest BCUT2D eigenvalue weighted by Gasteiger charge is 2.27. The number of thioether (sulfide) groups is 1. The molecule has 1 fully saturated rings. The quantitative estimate of drug-likeness (QED) is 0.571. The smallest absolute Gasteiger partial charge is 0.251 e. The minimum Gasteiger partial charge on any atom is -0.379 e. The lowest BCUT2D eigenvalue weighted by Crippen LogP contribution is -2.40. The lowest BCUT2D eigenvalue weighted by molar-refractivity contribution is -0.113. The molecule has 2 aromatic rings. The van der Waals surface area contributed by atoms with Crippen LogP contribution in [-0.4, -0.2) is 61.6 Å². The number of thiophene rings is 1. The molecule has 2 aromatic heterocycles. The Bertz CT molecular complexity index is 1090. The van der Waals surface area contributed by atoms with Crippen molar-refractivity contribution in [3.8, 4) is 0 Å². The fraction of sp³-hybridized carbons (Fsp3) is 0.421. The second kappa shape index (κ2) is 9.25. The number of aryl methyl sites for hydroxylation is 1. The molecule has 166 valence electrons. The van der Waals surface area contributed by atoms with Gasteiger partial charge in [0.15, 0.2) is 0 Å². The number of anilines is 1. The van der Waals surface area contributed by atoms with Gasteiger partial charge >= 0.3 is 0 Å². The third-order valence-electron chi connectivity index (χ3n) is 5.09. The van der Waals surface area contributed by atoms with E-state index in [-0.39, 0.29) is 16.6 Å². The molecule has 3 N–H and O–H groups in total. The van der Waals surface area contributed by atoms with E-state index in [0.29, 0.717) is 41.9 Å². The number of carbonyl (C=O) groups is 2. The van der Waals surface area contributed by atoms with Crippen LogP contribution >= 0.6 is 23.1 Å². The van der Waals surface area contributed by atoms with E-state index >= 15 is 0 Å². The first-order valence-electron chi connectivity index (χ1n) is 9.77. The van der Waals surface area contributed by atoms with Crippen LogP contribution in [0.25, 0.3) is 0 Å². The van der Waals surface area contributed by atoms with E-state index in [1.165, 1.54) is 39.7 Å². The maximum absolute atomic E-state index is 12.6. The third-order valence-corrected chi connectivity index (χ3v) is 9.12. The van der Waals surface area contributed by atoms with Gasteiger partial charge in [-0.3, -0.25) is 9.59 Å². The van der Waals surface area contributed by atoms with Gasteiger partial charge in [-0.15, -0.1) is 11.3 Å². The predicted molar refractivity (Wildman–Crippen MR) is 118 cm³/mol. The maximum atomic E-state index is 12.6. The Morgan fingerprint density at radius 3 is 2.71 bits per heavy atom. The molecule has 0 spiro atoms. The van der Waals surface area contributed by atoms with Crippen LogP contribution in [0.2, 0.25) is 0 Å². The van der Waals surface area contributed by atoms with Crippen molar-refractivity contribution in [3.05, 3.63) is 34.3 Å². The van der Waals surface area contributed by atoms with Crippen molar-refractivity contribution in [3.63, 3.8) is 0 Å². The summed E-state index contributed by atoms with van der Waals surface area (Å²) in [7, 11) is -3.60. The Balaban J connectivity index is 1.37. The van der Waals surface area contributed by atoms with Gasteiger partial charge in [-0.2, -0.15) is 4.31 Å². The number of rotatable bonds is 7. The molecular formula is C19H22N4O5S3. The van der Waals surface area contributed by atoms with Crippen LogP contribution in [0.15, 0.2) is 28.3 Å². The highest BCUT2D eigenvalue weighted by Crippen LogP contribution is 2.38. The fourth-order valence-corrected chi connectivity index (χ4v) is 6.90. The molecule has 0 radical (unpaired) electrons. The molecule has 12 heteroatoms. The Kier molecular flexibility index (Phi) is 6.63. The summed E-state index contributed by atoms with van der Waals surface area (Å²) in [6.07, 6.45) is 4.00. The van der Waals surface area contributed by atoms with E-state index in [1.807, 2.05) is 0 Å². The van der Waals surface area contributed by atoms with Crippen LogP contribution in [0.5, 0.6) is 0 Å². The molecule has 2 amide bonds. The van der Waals surface area contributed by atoms with E-state index in [1.54, 1.807) is 6.07 Å². The third kappa shape index (κ3) is 4.77. The van der Waals surface area contributed by atoms with Crippen LogP contribution < -0.4 is 11.1 Å². The first-order chi connectivity index (χ1) is 14.9. The number of nitrogens with two attached hydrogens (primary N) is 1. The Labute approximate surface area is 188 Å². The average Bonchev–Trinajstić information content (AvgIpc) is 3.33. The van der Waals surface area contributed by atoms with Gasteiger partial charge in [0.25, 0.3) is 5.91 Å². The summed E-state index contributed by atoms with van der Waals surface area (Å²) in [6.45, 7) is 1.39. The number of amides is 2. The predicted octanol–water partition coefficient (Wildman–Crippen LogP) is 1.48. The van der Waals surface area contributed by atoms with Gasteiger partial charge < -0.3 is 15.8 Å². The number of aromatic nitrogens is 1. The number of sulfonamides is 1. The summed E-state index contributed by atoms with van der Waals surface area (Å²) in [4.78, 5) is 29.6. The van der Waals surface area contributed by atoms with Crippen molar-refractivity contribution >= 4 is 49.9 Å². The van der Waals surface area contributed by atoms with Crippen molar-refractivity contribution < 1.29 is 22.7 Å². The van der Waals surface area contributed by atoms with E-state index < -0.39 is 15.9 Å². The van der Waals surface area contributed by atoms with Crippen molar-refractivity contribution in [1.82, 2.24) is 9.29 Å². The molecule has 9 nitrogen and oxygen atoms in total. The SMILES string of the molecule is NC(=O)c1c(NC(=O)CSc2ccc(S(=O)(=O)N3CCOCC3)cn2)sc2c1CCC2. The van der Waals surface area contributed by atoms with Crippen molar-refractivity contribution in [1.29, 1.82) is 0 Å². The van der Waals surface area contributed by atoms with Crippen LogP contribution in [0.1, 0.15) is 27.2 Å². The van der Waals surface area contributed by atoms with Crippen LogP contribution in [0.3, 0.4) is 0 Å². The molecule has 4 rings (SSSR count). The van der Waals surface area contributed by atoms with Gasteiger partial charge in [0.1, 0.15) is 9.90 Å². The molecule has 0 unspecified atom stereocenters. The zero-order valence-electron chi connectivity index (χ0n) is 16.6. The molecule has 3 heterocycles.